The Hall–Kier alpha value is -0.120. The molecule has 0 unspecified atom stereocenters. The lowest BCUT2D eigenvalue weighted by Crippen LogP contribution is -2.34. The number of unbranched alkanes of at least 4 members (excludes halogenated alkanes) is 1. The number of likely N-dealkylation sites (N-methyl/N-ethyl adjacent to an activating group) is 1. The molecule has 0 saturated carbocycles. The number of ether oxygens (including phenoxy) is 1. The van der Waals surface area contributed by atoms with E-state index in [1.807, 2.05) is 0 Å². The smallest absolute Gasteiger partial charge is 0.0589 e. The van der Waals surface area contributed by atoms with Gasteiger partial charge in [0.05, 0.1) is 6.61 Å². The van der Waals surface area contributed by atoms with Crippen LogP contribution < -0.4 is 5.32 Å². The Labute approximate surface area is 88.8 Å². The molecular formula is C11H26N2O. The van der Waals surface area contributed by atoms with E-state index in [9.17, 15) is 0 Å². The van der Waals surface area contributed by atoms with Crippen molar-refractivity contribution in [3.8, 4) is 0 Å². The van der Waals surface area contributed by atoms with Crippen LogP contribution in [0.1, 0.15) is 26.7 Å². The second-order valence-corrected chi connectivity index (χ2v) is 3.53. The first-order valence-corrected chi connectivity index (χ1v) is 5.77. The molecule has 86 valence electrons. The number of nitrogens with zero attached hydrogens (tertiary/aromatic N) is 1. The van der Waals surface area contributed by atoms with E-state index in [0.29, 0.717) is 0 Å². The Bertz CT molecular complexity index is 109. The van der Waals surface area contributed by atoms with Gasteiger partial charge < -0.3 is 15.0 Å². The van der Waals surface area contributed by atoms with Gasteiger partial charge in [-0.25, -0.2) is 0 Å². The van der Waals surface area contributed by atoms with Crippen LogP contribution in [0.15, 0.2) is 0 Å². The Morgan fingerprint density at radius 1 is 1.14 bits per heavy atom. The third kappa shape index (κ3) is 8.48. The zero-order chi connectivity index (χ0) is 10.6. The van der Waals surface area contributed by atoms with Crippen LogP contribution in [0.5, 0.6) is 0 Å². The summed E-state index contributed by atoms with van der Waals surface area (Å²) in [5, 5.41) is 3.45. The molecular weight excluding hydrogens is 176 g/mol. The van der Waals surface area contributed by atoms with Gasteiger partial charge in [-0.05, 0) is 19.5 Å². The summed E-state index contributed by atoms with van der Waals surface area (Å²) in [6.07, 6.45) is 2.55. The van der Waals surface area contributed by atoms with Crippen LogP contribution in [0.25, 0.3) is 0 Å². The fourth-order valence-electron chi connectivity index (χ4n) is 1.31. The Balaban J connectivity index is 3.24. The van der Waals surface area contributed by atoms with Gasteiger partial charge in [-0.15, -0.1) is 0 Å². The number of hydrogen-bond donors (Lipinski definition) is 1. The van der Waals surface area contributed by atoms with E-state index < -0.39 is 0 Å². The highest BCUT2D eigenvalue weighted by Crippen LogP contribution is 1.87. The first-order valence-electron chi connectivity index (χ1n) is 5.77. The molecule has 0 amide bonds. The summed E-state index contributed by atoms with van der Waals surface area (Å²) < 4.78 is 5.06. The van der Waals surface area contributed by atoms with Gasteiger partial charge >= 0.3 is 0 Å². The summed E-state index contributed by atoms with van der Waals surface area (Å²) in [5.41, 5.74) is 0. The van der Waals surface area contributed by atoms with E-state index in [0.717, 1.165) is 39.3 Å². The highest BCUT2D eigenvalue weighted by atomic mass is 16.5. The summed E-state index contributed by atoms with van der Waals surface area (Å²) in [7, 11) is 1.76. The van der Waals surface area contributed by atoms with E-state index >= 15 is 0 Å². The predicted molar refractivity (Wildman–Crippen MR) is 61.8 cm³/mol. The minimum absolute atomic E-state index is 0.836. The van der Waals surface area contributed by atoms with Crippen molar-refractivity contribution in [2.24, 2.45) is 0 Å². The minimum Gasteiger partial charge on any atom is -0.383 e. The Morgan fingerprint density at radius 2 is 1.93 bits per heavy atom. The molecule has 0 atom stereocenters. The lowest BCUT2D eigenvalue weighted by Gasteiger charge is -2.19. The maximum absolute atomic E-state index is 5.06. The molecule has 1 N–H and O–H groups in total. The van der Waals surface area contributed by atoms with Gasteiger partial charge in [0.25, 0.3) is 0 Å². The SMILES string of the molecule is CCCCNCCN(CC)CCOC. The minimum atomic E-state index is 0.836. The molecule has 0 aliphatic carbocycles. The molecule has 0 bridgehead atoms. The van der Waals surface area contributed by atoms with Crippen molar-refractivity contribution in [1.82, 2.24) is 10.2 Å². The fraction of sp³-hybridized carbons (Fsp3) is 1.00. The molecule has 0 heterocycles. The first-order chi connectivity index (χ1) is 6.85. The maximum Gasteiger partial charge on any atom is 0.0589 e. The van der Waals surface area contributed by atoms with Gasteiger partial charge in [0.15, 0.2) is 0 Å². The van der Waals surface area contributed by atoms with Gasteiger partial charge in [0.2, 0.25) is 0 Å². The average molecular weight is 202 g/mol. The van der Waals surface area contributed by atoms with Gasteiger partial charge in [-0.3, -0.25) is 0 Å². The predicted octanol–water partition coefficient (Wildman–Crippen LogP) is 1.34. The monoisotopic (exact) mass is 202 g/mol. The van der Waals surface area contributed by atoms with Crippen LogP contribution in [-0.2, 0) is 4.74 Å². The molecule has 0 spiro atoms. The lowest BCUT2D eigenvalue weighted by molar-refractivity contribution is 0.151. The maximum atomic E-state index is 5.06. The molecule has 0 aromatic carbocycles. The van der Waals surface area contributed by atoms with Gasteiger partial charge in [-0.2, -0.15) is 0 Å². The third-order valence-corrected chi connectivity index (χ3v) is 2.37. The molecule has 0 radical (unpaired) electrons. The topological polar surface area (TPSA) is 24.5 Å². The van der Waals surface area contributed by atoms with E-state index in [-0.39, 0.29) is 0 Å². The molecule has 0 aliphatic heterocycles. The molecule has 0 saturated heterocycles. The summed E-state index contributed by atoms with van der Waals surface area (Å²) >= 11 is 0. The largest absolute Gasteiger partial charge is 0.383 e. The van der Waals surface area contributed by atoms with E-state index in [1.54, 1.807) is 7.11 Å². The van der Waals surface area contributed by atoms with Crippen LogP contribution in [0.2, 0.25) is 0 Å². The van der Waals surface area contributed by atoms with E-state index in [2.05, 4.69) is 24.1 Å². The van der Waals surface area contributed by atoms with Gasteiger partial charge in [0, 0.05) is 26.7 Å². The van der Waals surface area contributed by atoms with Crippen molar-refractivity contribution in [2.45, 2.75) is 26.7 Å². The van der Waals surface area contributed by atoms with Crippen LogP contribution in [0.3, 0.4) is 0 Å². The standard InChI is InChI=1S/C11H26N2O/c1-4-6-7-12-8-9-13(5-2)10-11-14-3/h12H,4-11H2,1-3H3. The van der Waals surface area contributed by atoms with Gasteiger partial charge in [-0.1, -0.05) is 20.3 Å². The molecule has 0 rings (SSSR count). The normalized spacial score (nSPS) is 11.1. The van der Waals surface area contributed by atoms with Crippen molar-refractivity contribution in [1.29, 1.82) is 0 Å². The zero-order valence-corrected chi connectivity index (χ0v) is 10.0. The second kappa shape index (κ2) is 11.0. The zero-order valence-electron chi connectivity index (χ0n) is 10.0. The van der Waals surface area contributed by atoms with Crippen molar-refractivity contribution < 1.29 is 4.74 Å². The molecule has 0 aromatic heterocycles. The van der Waals surface area contributed by atoms with Crippen molar-refractivity contribution in [3.05, 3.63) is 0 Å². The first kappa shape index (κ1) is 13.9. The van der Waals surface area contributed by atoms with Crippen LogP contribution >= 0.6 is 0 Å². The Morgan fingerprint density at radius 3 is 2.50 bits per heavy atom. The number of hydrogen-bond acceptors (Lipinski definition) is 3. The van der Waals surface area contributed by atoms with Gasteiger partial charge in [0.1, 0.15) is 0 Å². The molecule has 14 heavy (non-hydrogen) atoms. The molecule has 3 heteroatoms. The number of rotatable bonds is 10. The average Bonchev–Trinajstić information content (AvgIpc) is 2.22. The fourth-order valence-corrected chi connectivity index (χ4v) is 1.31. The highest BCUT2D eigenvalue weighted by molar-refractivity contribution is 4.57. The molecule has 0 aromatic rings. The summed E-state index contributed by atoms with van der Waals surface area (Å²) in [6, 6.07) is 0. The van der Waals surface area contributed by atoms with Crippen molar-refractivity contribution in [2.75, 3.05) is 46.4 Å². The third-order valence-electron chi connectivity index (χ3n) is 2.37. The molecule has 0 aliphatic rings. The summed E-state index contributed by atoms with van der Waals surface area (Å²) in [6.45, 7) is 10.8. The van der Waals surface area contributed by atoms with E-state index in [1.165, 1.54) is 12.8 Å². The van der Waals surface area contributed by atoms with Crippen LogP contribution in [0, 0.1) is 0 Å². The molecule has 3 nitrogen and oxygen atoms in total. The number of nitrogens with one attached hydrogen (secondary N) is 1. The lowest BCUT2D eigenvalue weighted by atomic mass is 10.3. The summed E-state index contributed by atoms with van der Waals surface area (Å²) in [4.78, 5) is 2.41. The van der Waals surface area contributed by atoms with Crippen LogP contribution in [-0.4, -0.2) is 51.3 Å². The highest BCUT2D eigenvalue weighted by Gasteiger charge is 1.99. The van der Waals surface area contributed by atoms with Crippen LogP contribution in [0.4, 0.5) is 0 Å². The summed E-state index contributed by atoms with van der Waals surface area (Å²) in [5.74, 6) is 0. The quantitative estimate of drug-likeness (QED) is 0.541. The Kier molecular flexibility index (Phi) is 10.9. The second-order valence-electron chi connectivity index (χ2n) is 3.53. The number of methoxy groups -OCH3 is 1. The van der Waals surface area contributed by atoms with Crippen molar-refractivity contribution >= 4 is 0 Å². The van der Waals surface area contributed by atoms with Crippen molar-refractivity contribution in [3.63, 3.8) is 0 Å². The molecule has 0 fully saturated rings. The van der Waals surface area contributed by atoms with E-state index in [4.69, 9.17) is 4.74 Å².